The first kappa shape index (κ1) is 14.6. The third-order valence-electron chi connectivity index (χ3n) is 2.98. The molecule has 0 spiro atoms. The summed E-state index contributed by atoms with van der Waals surface area (Å²) in [5.74, 6) is 0.720. The molecule has 0 radical (unpaired) electrons. The molecule has 2 aromatic rings. The summed E-state index contributed by atoms with van der Waals surface area (Å²) in [5, 5.41) is 0.613. The fourth-order valence-corrected chi connectivity index (χ4v) is 1.89. The highest BCUT2D eigenvalue weighted by Crippen LogP contribution is 2.26. The molecule has 0 amide bonds. The molecular formula is C17H18ClNO. The van der Waals surface area contributed by atoms with Gasteiger partial charge in [-0.25, -0.2) is 0 Å². The first-order chi connectivity index (χ1) is 9.69. The van der Waals surface area contributed by atoms with E-state index in [1.807, 2.05) is 55.5 Å². The van der Waals surface area contributed by atoms with Crippen LogP contribution in [0.4, 0.5) is 5.69 Å². The Morgan fingerprint density at radius 2 is 1.95 bits per heavy atom. The van der Waals surface area contributed by atoms with E-state index in [4.69, 9.17) is 16.3 Å². The lowest BCUT2D eigenvalue weighted by molar-refractivity contribution is 0.217. The molecule has 0 aliphatic carbocycles. The average molecular weight is 288 g/mol. The predicted molar refractivity (Wildman–Crippen MR) is 85.5 cm³/mol. The van der Waals surface area contributed by atoms with Crippen molar-refractivity contribution in [2.24, 2.45) is 4.99 Å². The lowest BCUT2D eigenvalue weighted by Gasteiger charge is -2.13. The van der Waals surface area contributed by atoms with Gasteiger partial charge in [0.25, 0.3) is 0 Å². The van der Waals surface area contributed by atoms with Crippen LogP contribution in [0.25, 0.3) is 0 Å². The number of nitrogens with zero attached hydrogens (tertiary/aromatic N) is 1. The van der Waals surface area contributed by atoms with E-state index in [-0.39, 0.29) is 6.10 Å². The maximum atomic E-state index is 6.23. The summed E-state index contributed by atoms with van der Waals surface area (Å²) >= 11 is 6.23. The quantitative estimate of drug-likeness (QED) is 0.687. The first-order valence-electron chi connectivity index (χ1n) is 6.74. The molecule has 0 N–H and O–H groups in total. The Hall–Kier alpha value is -1.80. The third kappa shape index (κ3) is 4.10. The smallest absolute Gasteiger partial charge is 0.138 e. The van der Waals surface area contributed by atoms with Crippen LogP contribution in [0.15, 0.2) is 53.5 Å². The SMILES string of the molecule is CC[C@H](C)Oc1ccc(C=Nc2ccccc2)cc1Cl. The zero-order chi connectivity index (χ0) is 14.4. The van der Waals surface area contributed by atoms with Crippen molar-refractivity contribution in [3.8, 4) is 5.75 Å². The van der Waals surface area contributed by atoms with Crippen molar-refractivity contribution < 1.29 is 4.74 Å². The van der Waals surface area contributed by atoms with Gasteiger partial charge in [0.2, 0.25) is 0 Å². The van der Waals surface area contributed by atoms with E-state index in [0.717, 1.165) is 23.4 Å². The molecule has 0 unspecified atom stereocenters. The summed E-state index contributed by atoms with van der Waals surface area (Å²) in [6, 6.07) is 15.5. The molecule has 0 aliphatic heterocycles. The molecule has 2 nitrogen and oxygen atoms in total. The maximum Gasteiger partial charge on any atom is 0.138 e. The lowest BCUT2D eigenvalue weighted by atomic mass is 10.2. The minimum Gasteiger partial charge on any atom is -0.489 e. The van der Waals surface area contributed by atoms with Gasteiger partial charge in [-0.2, -0.15) is 0 Å². The van der Waals surface area contributed by atoms with Gasteiger partial charge < -0.3 is 4.74 Å². The molecule has 1 atom stereocenters. The minimum absolute atomic E-state index is 0.163. The predicted octanol–water partition coefficient (Wildman–Crippen LogP) is 5.27. The Kier molecular flexibility index (Phi) is 5.19. The number of ether oxygens (including phenoxy) is 1. The molecule has 2 aromatic carbocycles. The average Bonchev–Trinajstić information content (AvgIpc) is 2.48. The molecule has 104 valence electrons. The zero-order valence-electron chi connectivity index (χ0n) is 11.7. The minimum atomic E-state index is 0.163. The van der Waals surface area contributed by atoms with E-state index >= 15 is 0 Å². The highest BCUT2D eigenvalue weighted by molar-refractivity contribution is 6.32. The van der Waals surface area contributed by atoms with Gasteiger partial charge in [0.15, 0.2) is 0 Å². The summed E-state index contributed by atoms with van der Waals surface area (Å²) in [6.07, 6.45) is 2.92. The number of benzene rings is 2. The first-order valence-corrected chi connectivity index (χ1v) is 7.12. The zero-order valence-corrected chi connectivity index (χ0v) is 12.5. The molecule has 0 aliphatic rings. The van der Waals surface area contributed by atoms with Crippen molar-refractivity contribution in [2.75, 3.05) is 0 Å². The monoisotopic (exact) mass is 287 g/mol. The lowest BCUT2D eigenvalue weighted by Crippen LogP contribution is -2.09. The van der Waals surface area contributed by atoms with Gasteiger partial charge >= 0.3 is 0 Å². The molecule has 0 saturated carbocycles. The van der Waals surface area contributed by atoms with Crippen LogP contribution in [0.1, 0.15) is 25.8 Å². The normalized spacial score (nSPS) is 12.6. The van der Waals surface area contributed by atoms with E-state index in [0.29, 0.717) is 5.02 Å². The highest BCUT2D eigenvalue weighted by atomic mass is 35.5. The Morgan fingerprint density at radius 1 is 1.20 bits per heavy atom. The van der Waals surface area contributed by atoms with Crippen LogP contribution in [-0.4, -0.2) is 12.3 Å². The van der Waals surface area contributed by atoms with E-state index in [1.54, 1.807) is 6.21 Å². The van der Waals surface area contributed by atoms with Crippen molar-refractivity contribution in [2.45, 2.75) is 26.4 Å². The van der Waals surface area contributed by atoms with Crippen LogP contribution < -0.4 is 4.74 Å². The van der Waals surface area contributed by atoms with Gasteiger partial charge in [-0.05, 0) is 49.2 Å². The molecule has 0 bridgehead atoms. The molecule has 0 saturated heterocycles. The van der Waals surface area contributed by atoms with Crippen molar-refractivity contribution >= 4 is 23.5 Å². The maximum absolute atomic E-state index is 6.23. The van der Waals surface area contributed by atoms with E-state index in [2.05, 4.69) is 11.9 Å². The van der Waals surface area contributed by atoms with Crippen LogP contribution in [0.5, 0.6) is 5.75 Å². The van der Waals surface area contributed by atoms with Crippen molar-refractivity contribution in [1.29, 1.82) is 0 Å². The number of hydrogen-bond donors (Lipinski definition) is 0. The number of para-hydroxylation sites is 1. The van der Waals surface area contributed by atoms with Gasteiger partial charge in [0.05, 0.1) is 16.8 Å². The molecule has 3 heteroatoms. The second-order valence-electron chi connectivity index (χ2n) is 4.62. The Morgan fingerprint density at radius 3 is 2.60 bits per heavy atom. The van der Waals surface area contributed by atoms with Crippen LogP contribution in [0.3, 0.4) is 0 Å². The largest absolute Gasteiger partial charge is 0.489 e. The second-order valence-corrected chi connectivity index (χ2v) is 5.03. The number of hydrogen-bond acceptors (Lipinski definition) is 2. The third-order valence-corrected chi connectivity index (χ3v) is 3.27. The fourth-order valence-electron chi connectivity index (χ4n) is 1.66. The van der Waals surface area contributed by atoms with Gasteiger partial charge in [0, 0.05) is 6.21 Å². The van der Waals surface area contributed by atoms with E-state index < -0.39 is 0 Å². The van der Waals surface area contributed by atoms with Crippen LogP contribution in [0, 0.1) is 0 Å². The molecule has 0 fully saturated rings. The number of aliphatic imine (C=N–C) groups is 1. The summed E-state index contributed by atoms with van der Waals surface area (Å²) < 4.78 is 5.74. The van der Waals surface area contributed by atoms with Crippen molar-refractivity contribution in [1.82, 2.24) is 0 Å². The van der Waals surface area contributed by atoms with Gasteiger partial charge in [-0.1, -0.05) is 36.7 Å². The Balaban J connectivity index is 2.11. The highest BCUT2D eigenvalue weighted by Gasteiger charge is 2.06. The summed E-state index contributed by atoms with van der Waals surface area (Å²) in [4.78, 5) is 4.40. The number of halogens is 1. The van der Waals surface area contributed by atoms with E-state index in [1.165, 1.54) is 0 Å². The van der Waals surface area contributed by atoms with Crippen molar-refractivity contribution in [3.05, 3.63) is 59.1 Å². The van der Waals surface area contributed by atoms with Gasteiger partial charge in [-0.3, -0.25) is 4.99 Å². The Bertz CT molecular complexity index is 581. The fraction of sp³-hybridized carbons (Fsp3) is 0.235. The van der Waals surface area contributed by atoms with Crippen LogP contribution in [0.2, 0.25) is 5.02 Å². The second kappa shape index (κ2) is 7.11. The molecule has 2 rings (SSSR count). The summed E-state index contributed by atoms with van der Waals surface area (Å²) in [7, 11) is 0. The molecule has 20 heavy (non-hydrogen) atoms. The molecular weight excluding hydrogens is 270 g/mol. The van der Waals surface area contributed by atoms with Crippen molar-refractivity contribution in [3.63, 3.8) is 0 Å². The van der Waals surface area contributed by atoms with Crippen LogP contribution >= 0.6 is 11.6 Å². The summed E-state index contributed by atoms with van der Waals surface area (Å²) in [5.41, 5.74) is 1.87. The van der Waals surface area contributed by atoms with Crippen LogP contribution in [-0.2, 0) is 0 Å². The molecule has 0 aromatic heterocycles. The number of rotatable bonds is 5. The van der Waals surface area contributed by atoms with Gasteiger partial charge in [-0.15, -0.1) is 0 Å². The van der Waals surface area contributed by atoms with Gasteiger partial charge in [0.1, 0.15) is 5.75 Å². The Labute approximate surface area is 125 Å². The standard InChI is InChI=1S/C17H18ClNO/c1-3-13(2)20-17-10-9-14(11-16(17)18)12-19-15-7-5-4-6-8-15/h4-13H,3H2,1-2H3/t13-/m0/s1. The topological polar surface area (TPSA) is 21.6 Å². The van der Waals surface area contributed by atoms with E-state index in [9.17, 15) is 0 Å². The molecule has 0 heterocycles. The summed E-state index contributed by atoms with van der Waals surface area (Å²) in [6.45, 7) is 4.11.